The third-order valence-electron chi connectivity index (χ3n) is 6.73. The third-order valence-corrected chi connectivity index (χ3v) is 6.73. The van der Waals surface area contributed by atoms with Crippen LogP contribution in [0.2, 0.25) is 0 Å². The topological polar surface area (TPSA) is 0 Å². The van der Waals surface area contributed by atoms with Crippen molar-refractivity contribution < 1.29 is 8.78 Å². The lowest BCUT2D eigenvalue weighted by Crippen LogP contribution is -2.17. The molecule has 2 aliphatic carbocycles. The highest BCUT2D eigenvalue weighted by Gasteiger charge is 2.25. The first kappa shape index (κ1) is 17.9. The molecule has 0 aromatic heterocycles. The predicted octanol–water partition coefficient (Wildman–Crippen LogP) is 7.24. The summed E-state index contributed by atoms with van der Waals surface area (Å²) in [5.74, 6) is 2.27. The van der Waals surface area contributed by atoms with Crippen molar-refractivity contribution in [3.8, 4) is 0 Å². The van der Waals surface area contributed by atoms with E-state index in [-0.39, 0.29) is 0 Å². The zero-order valence-electron chi connectivity index (χ0n) is 15.1. The van der Waals surface area contributed by atoms with Gasteiger partial charge in [0.25, 0.3) is 0 Å². The Labute approximate surface area is 146 Å². The van der Waals surface area contributed by atoms with Gasteiger partial charge in [-0.25, -0.2) is 8.78 Å². The molecule has 0 radical (unpaired) electrons. The Morgan fingerprint density at radius 3 is 1.67 bits per heavy atom. The number of halogens is 2. The second-order valence-electron chi connectivity index (χ2n) is 8.29. The van der Waals surface area contributed by atoms with Gasteiger partial charge in [-0.1, -0.05) is 51.9 Å². The molecule has 0 amide bonds. The molecule has 134 valence electrons. The quantitative estimate of drug-likeness (QED) is 0.532. The molecule has 0 N–H and O–H groups in total. The van der Waals surface area contributed by atoms with E-state index in [1.54, 1.807) is 0 Å². The average Bonchev–Trinajstić information content (AvgIpc) is 2.60. The summed E-state index contributed by atoms with van der Waals surface area (Å²) in [5, 5.41) is 0. The summed E-state index contributed by atoms with van der Waals surface area (Å²) in [6.07, 6.45) is 14.5. The molecule has 2 aliphatic rings. The van der Waals surface area contributed by atoms with Crippen LogP contribution in [0, 0.1) is 29.4 Å². The molecule has 0 atom stereocenters. The van der Waals surface area contributed by atoms with Gasteiger partial charge in [-0.15, -0.1) is 0 Å². The fraction of sp³-hybridized carbons (Fsp3) is 0.727. The summed E-state index contributed by atoms with van der Waals surface area (Å²) >= 11 is 0. The molecule has 2 heteroatoms. The standard InChI is InChI=1S/C22H32F2/c1-2-16-3-5-17(6-4-16)7-8-18-9-11-19(12-10-18)20-13-21(23)15-22(24)14-20/h13-19H,2-12H2,1H3/t16-,17-,18-,19-. The average molecular weight is 334 g/mol. The van der Waals surface area contributed by atoms with E-state index in [4.69, 9.17) is 0 Å². The minimum Gasteiger partial charge on any atom is -0.207 e. The number of hydrogen-bond donors (Lipinski definition) is 0. The molecule has 1 aromatic carbocycles. The van der Waals surface area contributed by atoms with Gasteiger partial charge in [0.05, 0.1) is 0 Å². The Bertz CT molecular complexity index is 488. The summed E-state index contributed by atoms with van der Waals surface area (Å²) in [4.78, 5) is 0. The van der Waals surface area contributed by atoms with Crippen molar-refractivity contribution in [2.24, 2.45) is 17.8 Å². The Kier molecular flexibility index (Phi) is 6.30. The number of rotatable bonds is 5. The highest BCUT2D eigenvalue weighted by molar-refractivity contribution is 5.22. The normalized spacial score (nSPS) is 31.1. The zero-order chi connectivity index (χ0) is 16.9. The summed E-state index contributed by atoms with van der Waals surface area (Å²) in [5.41, 5.74) is 0.865. The minimum atomic E-state index is -0.435. The summed E-state index contributed by atoms with van der Waals surface area (Å²) in [6, 6.07) is 4.03. The third kappa shape index (κ3) is 4.80. The first-order chi connectivity index (χ1) is 11.6. The summed E-state index contributed by atoms with van der Waals surface area (Å²) in [7, 11) is 0. The molecule has 3 rings (SSSR count). The van der Waals surface area contributed by atoms with Crippen LogP contribution < -0.4 is 0 Å². The zero-order valence-corrected chi connectivity index (χ0v) is 15.1. The predicted molar refractivity (Wildman–Crippen MR) is 96.0 cm³/mol. The first-order valence-electron chi connectivity index (χ1n) is 10.1. The van der Waals surface area contributed by atoms with Crippen LogP contribution in [0.3, 0.4) is 0 Å². The van der Waals surface area contributed by atoms with E-state index in [9.17, 15) is 8.78 Å². The Morgan fingerprint density at radius 2 is 1.17 bits per heavy atom. The van der Waals surface area contributed by atoms with Gasteiger partial charge in [0, 0.05) is 6.07 Å². The molecule has 2 fully saturated rings. The van der Waals surface area contributed by atoms with E-state index in [2.05, 4.69) is 6.92 Å². The van der Waals surface area contributed by atoms with E-state index in [0.29, 0.717) is 5.92 Å². The van der Waals surface area contributed by atoms with E-state index < -0.39 is 11.6 Å². The van der Waals surface area contributed by atoms with E-state index >= 15 is 0 Å². The van der Waals surface area contributed by atoms with Crippen LogP contribution in [-0.4, -0.2) is 0 Å². The second kappa shape index (κ2) is 8.45. The minimum absolute atomic E-state index is 0.353. The van der Waals surface area contributed by atoms with Crippen LogP contribution in [0.1, 0.15) is 89.0 Å². The van der Waals surface area contributed by atoms with Crippen molar-refractivity contribution in [3.63, 3.8) is 0 Å². The molecular formula is C22H32F2. The van der Waals surface area contributed by atoms with Gasteiger partial charge in [-0.3, -0.25) is 0 Å². The van der Waals surface area contributed by atoms with Gasteiger partial charge in [0.2, 0.25) is 0 Å². The van der Waals surface area contributed by atoms with Gasteiger partial charge in [-0.2, -0.15) is 0 Å². The van der Waals surface area contributed by atoms with Gasteiger partial charge >= 0.3 is 0 Å². The molecule has 24 heavy (non-hydrogen) atoms. The Hall–Kier alpha value is -0.920. The van der Waals surface area contributed by atoms with Crippen LogP contribution in [0.25, 0.3) is 0 Å². The summed E-state index contributed by atoms with van der Waals surface area (Å²) < 4.78 is 26.8. The summed E-state index contributed by atoms with van der Waals surface area (Å²) in [6.45, 7) is 2.33. The lowest BCUT2D eigenvalue weighted by Gasteiger charge is -2.32. The fourth-order valence-corrected chi connectivity index (χ4v) is 5.00. The Balaban J connectivity index is 1.41. The molecule has 2 saturated carbocycles. The number of benzene rings is 1. The van der Waals surface area contributed by atoms with E-state index in [0.717, 1.165) is 42.2 Å². The number of hydrogen-bond acceptors (Lipinski definition) is 0. The van der Waals surface area contributed by atoms with Gasteiger partial charge < -0.3 is 0 Å². The van der Waals surface area contributed by atoms with Crippen LogP contribution in [0.15, 0.2) is 18.2 Å². The maximum absolute atomic E-state index is 13.4. The van der Waals surface area contributed by atoms with Crippen LogP contribution >= 0.6 is 0 Å². The van der Waals surface area contributed by atoms with Gasteiger partial charge in [-0.05, 0) is 67.1 Å². The molecule has 0 unspecified atom stereocenters. The second-order valence-corrected chi connectivity index (χ2v) is 8.29. The molecule has 0 nitrogen and oxygen atoms in total. The monoisotopic (exact) mass is 334 g/mol. The lowest BCUT2D eigenvalue weighted by molar-refractivity contribution is 0.227. The molecule has 0 aliphatic heterocycles. The van der Waals surface area contributed by atoms with Crippen LogP contribution in [0.4, 0.5) is 8.78 Å². The molecule has 0 bridgehead atoms. The van der Waals surface area contributed by atoms with Gasteiger partial charge in [0.15, 0.2) is 0 Å². The molecule has 0 heterocycles. The molecule has 0 spiro atoms. The Morgan fingerprint density at radius 1 is 0.708 bits per heavy atom. The van der Waals surface area contributed by atoms with Crippen LogP contribution in [-0.2, 0) is 0 Å². The highest BCUT2D eigenvalue weighted by Crippen LogP contribution is 2.40. The smallest absolute Gasteiger partial charge is 0.126 e. The maximum Gasteiger partial charge on any atom is 0.126 e. The van der Waals surface area contributed by atoms with Crippen molar-refractivity contribution in [2.75, 3.05) is 0 Å². The van der Waals surface area contributed by atoms with Gasteiger partial charge in [0.1, 0.15) is 11.6 Å². The molecule has 0 saturated heterocycles. The fourth-order valence-electron chi connectivity index (χ4n) is 5.00. The van der Waals surface area contributed by atoms with Crippen molar-refractivity contribution in [2.45, 2.75) is 83.5 Å². The molecular weight excluding hydrogens is 302 g/mol. The van der Waals surface area contributed by atoms with Crippen LogP contribution in [0.5, 0.6) is 0 Å². The SMILES string of the molecule is CC[C@H]1CC[C@H](CC[C@H]2CC[C@H](c3cc(F)cc(F)c3)CC2)CC1. The van der Waals surface area contributed by atoms with E-state index in [1.807, 2.05) is 0 Å². The van der Waals surface area contributed by atoms with Crippen molar-refractivity contribution in [1.82, 2.24) is 0 Å². The highest BCUT2D eigenvalue weighted by atomic mass is 19.1. The maximum atomic E-state index is 13.4. The van der Waals surface area contributed by atoms with Crippen molar-refractivity contribution >= 4 is 0 Å². The lowest BCUT2D eigenvalue weighted by atomic mass is 9.74. The molecule has 1 aromatic rings. The first-order valence-corrected chi connectivity index (χ1v) is 10.1. The van der Waals surface area contributed by atoms with E-state index in [1.165, 1.54) is 69.9 Å². The van der Waals surface area contributed by atoms with Crippen molar-refractivity contribution in [3.05, 3.63) is 35.4 Å². The van der Waals surface area contributed by atoms with Crippen molar-refractivity contribution in [1.29, 1.82) is 0 Å². The largest absolute Gasteiger partial charge is 0.207 e.